The average molecular weight is 1550 g/mol. The van der Waals surface area contributed by atoms with E-state index in [2.05, 4.69) is 485 Å². The fourth-order valence-electron chi connectivity index (χ4n) is 19.3. The van der Waals surface area contributed by atoms with Gasteiger partial charge in [-0.1, -0.05) is 455 Å². The van der Waals surface area contributed by atoms with E-state index in [1.54, 1.807) is 0 Å². The third-order valence-electron chi connectivity index (χ3n) is 24.9. The molecule has 24 rings (SSSR count). The minimum absolute atomic E-state index is 1.23. The van der Waals surface area contributed by atoms with E-state index in [9.17, 15) is 0 Å². The Morgan fingerprint density at radius 1 is 0.0820 bits per heavy atom. The Morgan fingerprint density at radius 2 is 0.303 bits per heavy atom. The summed E-state index contributed by atoms with van der Waals surface area (Å²) in [6, 6.07) is 177. The lowest BCUT2D eigenvalue weighted by atomic mass is 9.83. The lowest BCUT2D eigenvalue weighted by molar-refractivity contribution is 1.61. The Labute approximate surface area is 710 Å². The molecule has 24 aromatic rings. The van der Waals surface area contributed by atoms with Crippen LogP contribution in [0.5, 0.6) is 0 Å². The Morgan fingerprint density at radius 3 is 0.705 bits per heavy atom. The van der Waals surface area contributed by atoms with Crippen molar-refractivity contribution in [2.75, 3.05) is 0 Å². The van der Waals surface area contributed by atoms with Crippen LogP contribution < -0.4 is 0 Å². The molecule has 0 N–H and O–H groups in total. The van der Waals surface area contributed by atoms with Crippen LogP contribution in [-0.4, -0.2) is 0 Å². The Kier molecular flexibility index (Phi) is 18.8. The van der Waals surface area contributed by atoms with Gasteiger partial charge in [-0.25, -0.2) is 0 Å². The van der Waals surface area contributed by atoms with Crippen LogP contribution in [0.2, 0.25) is 0 Å². The molecule has 0 saturated heterocycles. The lowest BCUT2D eigenvalue weighted by Gasteiger charge is -2.20. The van der Waals surface area contributed by atoms with Gasteiger partial charge in [-0.2, -0.15) is 0 Å². The summed E-state index contributed by atoms with van der Waals surface area (Å²) >= 11 is 0. The molecule has 0 heteroatoms. The molecule has 568 valence electrons. The van der Waals surface area contributed by atoms with E-state index in [4.69, 9.17) is 0 Å². The Hall–Kier alpha value is -15.9. The molecule has 0 heterocycles. The van der Waals surface area contributed by atoms with E-state index >= 15 is 0 Å². The van der Waals surface area contributed by atoms with Crippen molar-refractivity contribution in [2.45, 2.75) is 0 Å². The number of hydrogen-bond donors (Lipinski definition) is 0. The zero-order valence-electron chi connectivity index (χ0n) is 67.2. The van der Waals surface area contributed by atoms with Crippen molar-refractivity contribution >= 4 is 118 Å². The molecule has 0 fully saturated rings. The van der Waals surface area contributed by atoms with Crippen molar-refractivity contribution in [3.8, 4) is 111 Å². The summed E-state index contributed by atoms with van der Waals surface area (Å²) in [5, 5.41) is 27.9. The van der Waals surface area contributed by atoms with Crippen LogP contribution in [-0.2, 0) is 0 Å². The van der Waals surface area contributed by atoms with E-state index < -0.39 is 0 Å². The summed E-state index contributed by atoms with van der Waals surface area (Å²) in [5.41, 5.74) is 25.1. The van der Waals surface area contributed by atoms with Crippen LogP contribution in [0.25, 0.3) is 230 Å². The lowest BCUT2D eigenvalue weighted by Crippen LogP contribution is -1.93. The van der Waals surface area contributed by atoms with Crippen LogP contribution in [0.4, 0.5) is 0 Å². The van der Waals surface area contributed by atoms with Crippen molar-refractivity contribution in [2.24, 2.45) is 0 Å². The third kappa shape index (κ3) is 13.3. The molecule has 0 saturated carbocycles. The van der Waals surface area contributed by atoms with Crippen molar-refractivity contribution < 1.29 is 0 Å². The van der Waals surface area contributed by atoms with Crippen LogP contribution in [0.3, 0.4) is 0 Å². The van der Waals surface area contributed by atoms with Crippen molar-refractivity contribution in [3.63, 3.8) is 0 Å². The average Bonchev–Trinajstić information content (AvgIpc) is 0.731. The van der Waals surface area contributed by atoms with Crippen LogP contribution in [0, 0.1) is 0 Å². The van der Waals surface area contributed by atoms with E-state index in [1.165, 1.54) is 230 Å². The van der Waals surface area contributed by atoms with Crippen molar-refractivity contribution in [1.29, 1.82) is 0 Å². The third-order valence-corrected chi connectivity index (χ3v) is 24.9. The van der Waals surface area contributed by atoms with Gasteiger partial charge in [0, 0.05) is 0 Å². The zero-order chi connectivity index (χ0) is 80.8. The summed E-state index contributed by atoms with van der Waals surface area (Å²) in [6.07, 6.45) is 0. The monoisotopic (exact) mass is 1540 g/mol. The number of rotatable bonds is 10. The van der Waals surface area contributed by atoms with Gasteiger partial charge in [0.25, 0.3) is 0 Å². The van der Waals surface area contributed by atoms with Gasteiger partial charge in [0.15, 0.2) is 0 Å². The summed E-state index contributed by atoms with van der Waals surface area (Å²) in [7, 11) is 0. The predicted octanol–water partition coefficient (Wildman–Crippen LogP) is 34.4. The predicted molar refractivity (Wildman–Crippen MR) is 526 cm³/mol. The van der Waals surface area contributed by atoms with Gasteiger partial charge < -0.3 is 0 Å². The molecule has 0 nitrogen and oxygen atoms in total. The zero-order valence-corrected chi connectivity index (χ0v) is 67.2. The van der Waals surface area contributed by atoms with Crippen LogP contribution in [0.15, 0.2) is 485 Å². The molecule has 0 aliphatic rings. The van der Waals surface area contributed by atoms with Crippen LogP contribution >= 0.6 is 0 Å². The molecule has 0 aliphatic carbocycles. The number of hydrogen-bond acceptors (Lipinski definition) is 0. The van der Waals surface area contributed by atoms with Gasteiger partial charge in [0.1, 0.15) is 0 Å². The highest BCUT2D eigenvalue weighted by molar-refractivity contribution is 6.27. The standard InChI is InChI=1S/C44H28.C40H26.C38H26/c1-2-14-32-27-34(24-23-29(32)11-1)43-39-19-7-8-20-40(39)44(38-22-10-16-31-13-4-6-18-36(31)38)41-26-25-33(28-42(41)43)37-21-9-15-30-12-3-5-17-35(30)37;1-2-11-27(12-3-1)31-23-24-37-38(26-31)39(32-22-21-28-13-4-5-15-30(28)25-32)35-18-8-9-19-36(35)40(37)34-20-10-16-29-14-6-7-17-33(29)34;1-4-12-27(13-5-1)29-20-22-31(23-21-29)37-33-18-10-11-19-34(33)38(30-16-8-3-9-17-30)36-26-32(24-25-35(36)37)28-14-6-2-7-15-28/h1-28H;1-26H;1-26H. The van der Waals surface area contributed by atoms with Crippen LogP contribution in [0.1, 0.15) is 0 Å². The first-order valence-electron chi connectivity index (χ1n) is 42.3. The Balaban J connectivity index is 0.000000110. The topological polar surface area (TPSA) is 0 Å². The molecule has 0 aromatic heterocycles. The fourth-order valence-corrected chi connectivity index (χ4v) is 19.3. The molecular formula is C122H80. The van der Waals surface area contributed by atoms with Gasteiger partial charge in [-0.3, -0.25) is 0 Å². The van der Waals surface area contributed by atoms with Gasteiger partial charge in [0.05, 0.1) is 0 Å². The summed E-state index contributed by atoms with van der Waals surface area (Å²) in [6.45, 7) is 0. The van der Waals surface area contributed by atoms with E-state index in [0.29, 0.717) is 0 Å². The second-order valence-corrected chi connectivity index (χ2v) is 31.9. The molecular weight excluding hydrogens is 1470 g/mol. The maximum atomic E-state index is 2.43. The van der Waals surface area contributed by atoms with E-state index in [1.807, 2.05) is 0 Å². The highest BCUT2D eigenvalue weighted by atomic mass is 14.3. The second-order valence-electron chi connectivity index (χ2n) is 31.9. The first-order valence-corrected chi connectivity index (χ1v) is 42.3. The summed E-state index contributed by atoms with van der Waals surface area (Å²) in [4.78, 5) is 0. The van der Waals surface area contributed by atoms with Crippen molar-refractivity contribution in [1.82, 2.24) is 0 Å². The summed E-state index contributed by atoms with van der Waals surface area (Å²) < 4.78 is 0. The maximum absolute atomic E-state index is 2.43. The van der Waals surface area contributed by atoms with E-state index in [-0.39, 0.29) is 0 Å². The second kappa shape index (κ2) is 31.5. The molecule has 122 heavy (non-hydrogen) atoms. The maximum Gasteiger partial charge on any atom is -0.00201 e. The molecule has 0 amide bonds. The molecule has 0 radical (unpaired) electrons. The quantitative estimate of drug-likeness (QED) is 0.120. The molecule has 24 aromatic carbocycles. The van der Waals surface area contributed by atoms with E-state index in [0.717, 1.165) is 0 Å². The summed E-state index contributed by atoms with van der Waals surface area (Å²) in [5.74, 6) is 0. The first kappa shape index (κ1) is 72.6. The van der Waals surface area contributed by atoms with Gasteiger partial charge in [-0.15, -0.1) is 0 Å². The fraction of sp³-hybridized carbons (Fsp3) is 0. The Bertz CT molecular complexity index is 8130. The molecule has 0 aliphatic heterocycles. The highest BCUT2D eigenvalue weighted by Crippen LogP contribution is 2.51. The smallest absolute Gasteiger partial charge is 0.00201 e. The number of benzene rings is 24. The minimum Gasteiger partial charge on any atom is -0.0622 e. The van der Waals surface area contributed by atoms with Gasteiger partial charge >= 0.3 is 0 Å². The van der Waals surface area contributed by atoms with Gasteiger partial charge in [-0.05, 0) is 260 Å². The number of fused-ring (bicyclic) bond motifs is 11. The normalized spacial score (nSPS) is 11.4. The highest BCUT2D eigenvalue weighted by Gasteiger charge is 2.24. The largest absolute Gasteiger partial charge is 0.0622 e. The minimum atomic E-state index is 1.23. The van der Waals surface area contributed by atoms with Gasteiger partial charge in [0.2, 0.25) is 0 Å². The molecule has 0 unspecified atom stereocenters. The van der Waals surface area contributed by atoms with Crippen molar-refractivity contribution in [3.05, 3.63) is 485 Å². The SMILES string of the molecule is c1ccc(-c2ccc(-c3c4ccccc4c(-c4ccccc4)c4cc(-c5ccccc5)ccc34)cc2)cc1.c1ccc(-c2ccc3c(-c4cccc5ccccc45)c4ccccc4c(-c4ccc5ccccc5c4)c3c2)cc1.c1ccc2cc(-c3c4ccccc4c(-c4cccc5ccccc45)c4ccc(-c5cccc6ccccc56)cc34)ccc2c1. The molecule has 0 atom stereocenters. The molecule has 0 spiro atoms. The molecule has 0 bridgehead atoms. The first-order chi connectivity index (χ1) is 60.5.